The zero-order chi connectivity index (χ0) is 10.6. The summed E-state index contributed by atoms with van der Waals surface area (Å²) in [6.07, 6.45) is 4.67. The molecule has 0 aromatic heterocycles. The molecule has 0 atom stereocenters. The van der Waals surface area contributed by atoms with Crippen molar-refractivity contribution in [1.82, 2.24) is 4.90 Å². The van der Waals surface area contributed by atoms with E-state index in [4.69, 9.17) is 5.73 Å². The van der Waals surface area contributed by atoms with Crippen LogP contribution in [-0.2, 0) is 4.79 Å². The number of hydrogen-bond acceptors (Lipinski definition) is 2. The van der Waals surface area contributed by atoms with E-state index < -0.39 is 0 Å². The maximum absolute atomic E-state index is 11.1. The minimum absolute atomic E-state index is 0.285. The van der Waals surface area contributed by atoms with Crippen LogP contribution in [0.2, 0.25) is 0 Å². The van der Waals surface area contributed by atoms with Gasteiger partial charge in [0.2, 0.25) is 5.91 Å². The first kappa shape index (κ1) is 11.1. The highest BCUT2D eigenvalue weighted by Gasteiger charge is 2.15. The first-order valence-electron chi connectivity index (χ1n) is 5.41. The van der Waals surface area contributed by atoms with Crippen molar-refractivity contribution < 1.29 is 4.79 Å². The fourth-order valence-electron chi connectivity index (χ4n) is 2.03. The molecule has 0 spiro atoms. The van der Waals surface area contributed by atoms with Crippen LogP contribution < -0.4 is 5.73 Å². The zero-order valence-corrected chi connectivity index (χ0v) is 9.18. The van der Waals surface area contributed by atoms with Crippen molar-refractivity contribution in [3.63, 3.8) is 0 Å². The number of hydrogen-bond donors (Lipinski definition) is 1. The Hall–Kier alpha value is -0.990. The number of amides is 1. The highest BCUT2D eigenvalue weighted by molar-refractivity contribution is 5.91. The lowest BCUT2D eigenvalue weighted by Gasteiger charge is -2.31. The lowest BCUT2D eigenvalue weighted by atomic mass is 10.1. The fourth-order valence-corrected chi connectivity index (χ4v) is 2.03. The molecular weight excluding hydrogens is 176 g/mol. The molecule has 1 fully saturated rings. The molecule has 3 nitrogen and oxygen atoms in total. The summed E-state index contributed by atoms with van der Waals surface area (Å²) < 4.78 is 0. The van der Waals surface area contributed by atoms with Crippen LogP contribution >= 0.6 is 0 Å². The van der Waals surface area contributed by atoms with E-state index in [2.05, 4.69) is 11.8 Å². The van der Waals surface area contributed by atoms with Gasteiger partial charge in [0.25, 0.3) is 0 Å². The number of allylic oxidation sites excluding steroid dienone is 1. The van der Waals surface area contributed by atoms with Crippen molar-refractivity contribution in [2.75, 3.05) is 13.1 Å². The molecule has 80 valence electrons. The maximum atomic E-state index is 11.1. The van der Waals surface area contributed by atoms with Gasteiger partial charge in [0.1, 0.15) is 0 Å². The van der Waals surface area contributed by atoms with Crippen LogP contribution in [0.1, 0.15) is 39.5 Å². The van der Waals surface area contributed by atoms with Crippen LogP contribution in [0.15, 0.2) is 11.3 Å². The Balaban J connectivity index is 2.78. The van der Waals surface area contributed by atoms with Crippen molar-refractivity contribution in [2.24, 2.45) is 5.73 Å². The van der Waals surface area contributed by atoms with Gasteiger partial charge in [-0.3, -0.25) is 4.79 Å². The van der Waals surface area contributed by atoms with Gasteiger partial charge in [-0.2, -0.15) is 0 Å². The average Bonchev–Trinajstić information content (AvgIpc) is 2.20. The van der Waals surface area contributed by atoms with E-state index in [0.29, 0.717) is 0 Å². The number of piperidine rings is 1. The largest absolute Gasteiger partial charge is 0.374 e. The number of rotatable bonds is 3. The molecule has 0 aromatic rings. The molecule has 0 bridgehead atoms. The first-order valence-corrected chi connectivity index (χ1v) is 5.41. The van der Waals surface area contributed by atoms with Gasteiger partial charge in [-0.05, 0) is 32.6 Å². The smallest absolute Gasteiger partial charge is 0.246 e. The van der Waals surface area contributed by atoms with E-state index in [1.807, 2.05) is 6.92 Å². The molecule has 1 amide bonds. The van der Waals surface area contributed by atoms with Crippen molar-refractivity contribution in [3.05, 3.63) is 11.3 Å². The standard InChI is InChI=1S/C11H20N2O/c1-3-10(9(2)11(12)14)13-7-5-4-6-8-13/h3-8H2,1-2H3,(H2,12,14). The van der Waals surface area contributed by atoms with Crippen molar-refractivity contribution in [1.29, 1.82) is 0 Å². The fraction of sp³-hybridized carbons (Fsp3) is 0.727. The van der Waals surface area contributed by atoms with E-state index >= 15 is 0 Å². The van der Waals surface area contributed by atoms with Gasteiger partial charge in [0.05, 0.1) is 0 Å². The molecule has 0 aromatic carbocycles. The second-order valence-corrected chi connectivity index (χ2v) is 3.84. The Labute approximate surface area is 86.0 Å². The molecule has 1 aliphatic heterocycles. The van der Waals surface area contributed by atoms with Gasteiger partial charge < -0.3 is 10.6 Å². The predicted octanol–water partition coefficient (Wildman–Crippen LogP) is 1.64. The quantitative estimate of drug-likeness (QED) is 0.697. The van der Waals surface area contributed by atoms with Crippen LogP contribution in [0.4, 0.5) is 0 Å². The summed E-state index contributed by atoms with van der Waals surface area (Å²) in [7, 11) is 0. The van der Waals surface area contributed by atoms with Crippen molar-refractivity contribution in [3.8, 4) is 0 Å². The summed E-state index contributed by atoms with van der Waals surface area (Å²) in [6, 6.07) is 0. The molecule has 0 saturated carbocycles. The van der Waals surface area contributed by atoms with E-state index in [1.165, 1.54) is 19.3 Å². The molecule has 3 heteroatoms. The summed E-state index contributed by atoms with van der Waals surface area (Å²) in [6.45, 7) is 6.06. The van der Waals surface area contributed by atoms with Gasteiger partial charge in [0.15, 0.2) is 0 Å². The molecule has 1 saturated heterocycles. The topological polar surface area (TPSA) is 46.3 Å². The Kier molecular flexibility index (Phi) is 3.98. The number of nitrogens with zero attached hydrogens (tertiary/aromatic N) is 1. The third-order valence-corrected chi connectivity index (χ3v) is 2.88. The maximum Gasteiger partial charge on any atom is 0.246 e. The Morgan fingerprint density at radius 2 is 1.86 bits per heavy atom. The van der Waals surface area contributed by atoms with Gasteiger partial charge >= 0.3 is 0 Å². The Morgan fingerprint density at radius 3 is 2.29 bits per heavy atom. The predicted molar refractivity (Wildman–Crippen MR) is 57.6 cm³/mol. The number of carbonyl (C=O) groups is 1. The minimum Gasteiger partial charge on any atom is -0.374 e. The van der Waals surface area contributed by atoms with E-state index in [9.17, 15) is 4.79 Å². The number of carbonyl (C=O) groups excluding carboxylic acids is 1. The summed E-state index contributed by atoms with van der Waals surface area (Å²) >= 11 is 0. The average molecular weight is 196 g/mol. The second kappa shape index (κ2) is 5.03. The van der Waals surface area contributed by atoms with Crippen molar-refractivity contribution >= 4 is 5.91 Å². The molecule has 1 heterocycles. The third kappa shape index (κ3) is 2.50. The van der Waals surface area contributed by atoms with E-state index in [-0.39, 0.29) is 5.91 Å². The summed E-state index contributed by atoms with van der Waals surface area (Å²) in [4.78, 5) is 13.4. The van der Waals surface area contributed by atoms with Crippen LogP contribution in [0, 0.1) is 0 Å². The molecule has 2 N–H and O–H groups in total. The molecular formula is C11H20N2O. The van der Waals surface area contributed by atoms with Crippen LogP contribution in [-0.4, -0.2) is 23.9 Å². The summed E-state index contributed by atoms with van der Waals surface area (Å²) in [5.74, 6) is -0.285. The third-order valence-electron chi connectivity index (χ3n) is 2.88. The lowest BCUT2D eigenvalue weighted by Crippen LogP contribution is -2.31. The zero-order valence-electron chi connectivity index (χ0n) is 9.18. The van der Waals surface area contributed by atoms with Gasteiger partial charge in [0, 0.05) is 24.4 Å². The van der Waals surface area contributed by atoms with E-state index in [0.717, 1.165) is 30.8 Å². The van der Waals surface area contributed by atoms with E-state index in [1.54, 1.807) is 0 Å². The second-order valence-electron chi connectivity index (χ2n) is 3.84. The number of nitrogens with two attached hydrogens (primary N) is 1. The SMILES string of the molecule is CCC(=C(C)C(N)=O)N1CCCCC1. The lowest BCUT2D eigenvalue weighted by molar-refractivity contribution is -0.114. The van der Waals surface area contributed by atoms with Crippen molar-refractivity contribution in [2.45, 2.75) is 39.5 Å². The van der Waals surface area contributed by atoms with Gasteiger partial charge in [-0.15, -0.1) is 0 Å². The normalized spacial score (nSPS) is 19.1. The molecule has 14 heavy (non-hydrogen) atoms. The summed E-state index contributed by atoms with van der Waals surface area (Å²) in [5.41, 5.74) is 7.16. The number of likely N-dealkylation sites (tertiary alicyclic amines) is 1. The highest BCUT2D eigenvalue weighted by Crippen LogP contribution is 2.19. The van der Waals surface area contributed by atoms with Crippen LogP contribution in [0.25, 0.3) is 0 Å². The minimum atomic E-state index is -0.285. The Bertz CT molecular complexity index is 240. The van der Waals surface area contributed by atoms with Crippen LogP contribution in [0.5, 0.6) is 0 Å². The molecule has 0 radical (unpaired) electrons. The molecule has 1 aliphatic rings. The highest BCUT2D eigenvalue weighted by atomic mass is 16.1. The molecule has 0 unspecified atom stereocenters. The van der Waals surface area contributed by atoms with Gasteiger partial charge in [-0.25, -0.2) is 0 Å². The summed E-state index contributed by atoms with van der Waals surface area (Å²) in [5, 5.41) is 0. The number of primary amides is 1. The van der Waals surface area contributed by atoms with Gasteiger partial charge in [-0.1, -0.05) is 6.92 Å². The van der Waals surface area contributed by atoms with Crippen LogP contribution in [0.3, 0.4) is 0 Å². The first-order chi connectivity index (χ1) is 6.66. The molecule has 0 aliphatic carbocycles. The Morgan fingerprint density at radius 1 is 1.29 bits per heavy atom. The molecule has 1 rings (SSSR count). The monoisotopic (exact) mass is 196 g/mol.